The number of piperazine rings is 1. The highest BCUT2D eigenvalue weighted by Crippen LogP contribution is 2.38. The van der Waals surface area contributed by atoms with E-state index in [1.54, 1.807) is 0 Å². The second kappa shape index (κ2) is 6.28. The van der Waals surface area contributed by atoms with Gasteiger partial charge in [0, 0.05) is 38.6 Å². The van der Waals surface area contributed by atoms with E-state index in [0.717, 1.165) is 30.7 Å². The molecule has 2 heterocycles. The van der Waals surface area contributed by atoms with Crippen LogP contribution >= 0.6 is 0 Å². The first-order chi connectivity index (χ1) is 10.8. The molecule has 0 spiro atoms. The minimum atomic E-state index is 0.258. The molecule has 0 unspecified atom stereocenters. The van der Waals surface area contributed by atoms with Crippen LogP contribution < -0.4 is 0 Å². The van der Waals surface area contributed by atoms with Crippen LogP contribution in [0.2, 0.25) is 0 Å². The first-order valence-corrected chi connectivity index (χ1v) is 9.09. The van der Waals surface area contributed by atoms with Crippen molar-refractivity contribution in [2.24, 2.45) is 5.92 Å². The van der Waals surface area contributed by atoms with E-state index in [0.29, 0.717) is 5.92 Å². The van der Waals surface area contributed by atoms with E-state index in [1.807, 2.05) is 0 Å². The van der Waals surface area contributed by atoms with E-state index in [1.165, 1.54) is 58.2 Å². The maximum absolute atomic E-state index is 5.50. The van der Waals surface area contributed by atoms with E-state index < -0.39 is 0 Å². The minimum Gasteiger partial charge on any atom is -0.338 e. The summed E-state index contributed by atoms with van der Waals surface area (Å²) >= 11 is 0. The van der Waals surface area contributed by atoms with E-state index >= 15 is 0 Å². The Kier molecular flexibility index (Phi) is 4.18. The standard InChI is InChI=1S/C17H28N4O/c1-13(17-18-16(19-22-17)15-6-7-15)21-10-8-20(9-11-21)12-14-4-2-3-5-14/h13-15H,2-12H2,1H3/t13-/m1/s1. The molecule has 5 nitrogen and oxygen atoms in total. The molecule has 1 aromatic rings. The number of hydrogen-bond acceptors (Lipinski definition) is 5. The van der Waals surface area contributed by atoms with Crippen LogP contribution in [0.3, 0.4) is 0 Å². The van der Waals surface area contributed by atoms with Crippen molar-refractivity contribution in [1.82, 2.24) is 19.9 Å². The highest BCUT2D eigenvalue weighted by molar-refractivity contribution is 5.04. The summed E-state index contributed by atoms with van der Waals surface area (Å²) in [7, 11) is 0. The Hall–Kier alpha value is -0.940. The molecule has 0 radical (unpaired) electrons. The molecule has 122 valence electrons. The van der Waals surface area contributed by atoms with Gasteiger partial charge in [0.15, 0.2) is 5.82 Å². The Morgan fingerprint density at radius 1 is 1.09 bits per heavy atom. The molecule has 2 aliphatic carbocycles. The van der Waals surface area contributed by atoms with Gasteiger partial charge in [-0.1, -0.05) is 18.0 Å². The van der Waals surface area contributed by atoms with Crippen molar-refractivity contribution in [2.75, 3.05) is 32.7 Å². The summed E-state index contributed by atoms with van der Waals surface area (Å²) in [6, 6.07) is 0.258. The van der Waals surface area contributed by atoms with Gasteiger partial charge in [0.1, 0.15) is 0 Å². The van der Waals surface area contributed by atoms with Gasteiger partial charge in [0.25, 0.3) is 0 Å². The Bertz CT molecular complexity index is 485. The lowest BCUT2D eigenvalue weighted by atomic mass is 10.1. The van der Waals surface area contributed by atoms with E-state index in [4.69, 9.17) is 4.52 Å². The Labute approximate surface area is 133 Å². The summed E-state index contributed by atoms with van der Waals surface area (Å²) in [5.41, 5.74) is 0. The lowest BCUT2D eigenvalue weighted by Crippen LogP contribution is -2.48. The van der Waals surface area contributed by atoms with Gasteiger partial charge in [0.2, 0.25) is 5.89 Å². The third-order valence-corrected chi connectivity index (χ3v) is 5.70. The zero-order chi connectivity index (χ0) is 14.9. The summed E-state index contributed by atoms with van der Waals surface area (Å²) in [5, 5.41) is 4.15. The number of hydrogen-bond donors (Lipinski definition) is 0. The summed E-state index contributed by atoms with van der Waals surface area (Å²) in [4.78, 5) is 9.77. The first-order valence-electron chi connectivity index (χ1n) is 9.09. The van der Waals surface area contributed by atoms with Crippen molar-refractivity contribution in [3.05, 3.63) is 11.7 Å². The molecule has 1 aliphatic heterocycles. The maximum Gasteiger partial charge on any atom is 0.243 e. The van der Waals surface area contributed by atoms with Crippen molar-refractivity contribution >= 4 is 0 Å². The number of aromatic nitrogens is 2. The van der Waals surface area contributed by atoms with Crippen LogP contribution in [0.5, 0.6) is 0 Å². The number of nitrogens with zero attached hydrogens (tertiary/aromatic N) is 4. The van der Waals surface area contributed by atoms with Crippen LogP contribution in [-0.2, 0) is 0 Å². The summed E-state index contributed by atoms with van der Waals surface area (Å²) in [6.45, 7) is 8.13. The Morgan fingerprint density at radius 2 is 1.82 bits per heavy atom. The second-order valence-electron chi connectivity index (χ2n) is 7.43. The van der Waals surface area contributed by atoms with Crippen LogP contribution in [-0.4, -0.2) is 52.7 Å². The molecular formula is C17H28N4O. The van der Waals surface area contributed by atoms with Gasteiger partial charge in [0.05, 0.1) is 6.04 Å². The molecule has 4 rings (SSSR count). The molecule has 3 fully saturated rings. The fourth-order valence-corrected chi connectivity index (χ4v) is 3.97. The molecule has 22 heavy (non-hydrogen) atoms. The van der Waals surface area contributed by atoms with E-state index in [2.05, 4.69) is 26.9 Å². The number of rotatable bonds is 5. The van der Waals surface area contributed by atoms with Crippen molar-refractivity contribution in [3.63, 3.8) is 0 Å². The van der Waals surface area contributed by atoms with Crippen LogP contribution in [0.4, 0.5) is 0 Å². The van der Waals surface area contributed by atoms with Gasteiger partial charge in [-0.3, -0.25) is 4.90 Å². The van der Waals surface area contributed by atoms with Gasteiger partial charge in [-0.2, -0.15) is 4.98 Å². The van der Waals surface area contributed by atoms with Gasteiger partial charge in [-0.25, -0.2) is 0 Å². The molecule has 0 aromatic carbocycles. The van der Waals surface area contributed by atoms with Gasteiger partial charge >= 0.3 is 0 Å². The third kappa shape index (κ3) is 3.20. The molecule has 1 saturated heterocycles. The van der Waals surface area contributed by atoms with Crippen molar-refractivity contribution < 1.29 is 4.52 Å². The van der Waals surface area contributed by atoms with Crippen molar-refractivity contribution in [2.45, 2.75) is 57.4 Å². The predicted molar refractivity (Wildman–Crippen MR) is 84.7 cm³/mol. The van der Waals surface area contributed by atoms with Gasteiger partial charge in [-0.05, 0) is 38.5 Å². The molecule has 0 N–H and O–H groups in total. The highest BCUT2D eigenvalue weighted by atomic mass is 16.5. The lowest BCUT2D eigenvalue weighted by Gasteiger charge is -2.37. The smallest absolute Gasteiger partial charge is 0.243 e. The molecule has 3 aliphatic rings. The maximum atomic E-state index is 5.50. The van der Waals surface area contributed by atoms with E-state index in [-0.39, 0.29) is 6.04 Å². The van der Waals surface area contributed by atoms with Crippen molar-refractivity contribution in [3.8, 4) is 0 Å². The monoisotopic (exact) mass is 304 g/mol. The predicted octanol–water partition coefficient (Wildman–Crippen LogP) is 2.82. The zero-order valence-electron chi connectivity index (χ0n) is 13.7. The van der Waals surface area contributed by atoms with Crippen molar-refractivity contribution in [1.29, 1.82) is 0 Å². The Balaban J connectivity index is 1.28. The fourth-order valence-electron chi connectivity index (χ4n) is 3.97. The second-order valence-corrected chi connectivity index (χ2v) is 7.43. The molecule has 0 amide bonds. The minimum absolute atomic E-state index is 0.258. The molecule has 2 saturated carbocycles. The van der Waals surface area contributed by atoms with E-state index in [9.17, 15) is 0 Å². The molecule has 5 heteroatoms. The average Bonchev–Trinajstić information content (AvgIpc) is 3.06. The normalized spacial score (nSPS) is 26.6. The Morgan fingerprint density at radius 3 is 2.50 bits per heavy atom. The lowest BCUT2D eigenvalue weighted by molar-refractivity contribution is 0.0797. The van der Waals surface area contributed by atoms with Crippen LogP contribution in [0.25, 0.3) is 0 Å². The zero-order valence-corrected chi connectivity index (χ0v) is 13.7. The summed E-state index contributed by atoms with van der Waals surface area (Å²) < 4.78 is 5.50. The molecule has 1 atom stereocenters. The van der Waals surface area contributed by atoms with Crippen LogP contribution in [0.15, 0.2) is 4.52 Å². The quantitative estimate of drug-likeness (QED) is 0.837. The average molecular weight is 304 g/mol. The third-order valence-electron chi connectivity index (χ3n) is 5.70. The highest BCUT2D eigenvalue weighted by Gasteiger charge is 2.31. The van der Waals surface area contributed by atoms with Gasteiger partial charge in [-0.15, -0.1) is 0 Å². The molecule has 0 bridgehead atoms. The van der Waals surface area contributed by atoms with Crippen LogP contribution in [0.1, 0.15) is 69.1 Å². The summed E-state index contributed by atoms with van der Waals surface area (Å²) in [6.07, 6.45) is 8.25. The molecule has 1 aromatic heterocycles. The van der Waals surface area contributed by atoms with Gasteiger partial charge < -0.3 is 9.42 Å². The molecular weight excluding hydrogens is 276 g/mol. The SMILES string of the molecule is C[C@H](c1nc(C2CC2)no1)N1CCN(CC2CCCC2)CC1. The first kappa shape index (κ1) is 14.6. The topological polar surface area (TPSA) is 45.4 Å². The summed E-state index contributed by atoms with van der Waals surface area (Å²) in [5.74, 6) is 3.28. The van der Waals surface area contributed by atoms with Crippen LogP contribution in [0, 0.1) is 5.92 Å². The fraction of sp³-hybridized carbons (Fsp3) is 0.882. The largest absolute Gasteiger partial charge is 0.338 e.